The lowest BCUT2D eigenvalue weighted by Crippen LogP contribution is -2.13. The van der Waals surface area contributed by atoms with E-state index in [1.807, 2.05) is 38.2 Å². The fourth-order valence-electron chi connectivity index (χ4n) is 2.89. The van der Waals surface area contributed by atoms with Crippen LogP contribution in [0.25, 0.3) is 10.9 Å². The summed E-state index contributed by atoms with van der Waals surface area (Å²) in [5.41, 5.74) is 3.93. The minimum atomic E-state index is -0.349. The number of aromatic amines is 1. The third-order valence-corrected chi connectivity index (χ3v) is 5.12. The number of carbonyl (C=O) groups is 2. The molecule has 1 aromatic carbocycles. The molecule has 6 heteroatoms. The van der Waals surface area contributed by atoms with Gasteiger partial charge in [-0.1, -0.05) is 12.1 Å². The second-order valence-electron chi connectivity index (χ2n) is 5.88. The van der Waals surface area contributed by atoms with E-state index in [1.54, 1.807) is 13.0 Å². The molecule has 0 aliphatic carbocycles. The Morgan fingerprint density at radius 1 is 1.24 bits per heavy atom. The van der Waals surface area contributed by atoms with E-state index in [0.29, 0.717) is 16.5 Å². The van der Waals surface area contributed by atoms with Crippen molar-refractivity contribution in [1.29, 1.82) is 0 Å². The number of hydrogen-bond donors (Lipinski definition) is 2. The number of hydrogen-bond acceptors (Lipinski definition) is 4. The molecule has 3 aromatic rings. The molecular weight excluding hydrogens is 336 g/mol. The number of thiophene rings is 1. The number of ether oxygens (including phenoxy) is 1. The highest BCUT2D eigenvalue weighted by Gasteiger charge is 2.17. The minimum Gasteiger partial charge on any atom is -0.462 e. The van der Waals surface area contributed by atoms with Crippen LogP contribution in [0.5, 0.6) is 0 Å². The molecule has 5 nitrogen and oxygen atoms in total. The SMILES string of the molecule is CCOC(=O)c1sc(NC(=O)Cc2c[nH]c3cccc(C)c23)cc1C. The van der Waals surface area contributed by atoms with Crippen LogP contribution in [0.15, 0.2) is 30.5 Å². The largest absolute Gasteiger partial charge is 0.462 e. The van der Waals surface area contributed by atoms with Crippen molar-refractivity contribution in [3.8, 4) is 0 Å². The third-order valence-electron chi connectivity index (χ3n) is 3.99. The maximum Gasteiger partial charge on any atom is 0.348 e. The normalized spacial score (nSPS) is 10.8. The molecule has 1 amide bonds. The maximum absolute atomic E-state index is 12.4. The van der Waals surface area contributed by atoms with Crippen molar-refractivity contribution >= 4 is 39.1 Å². The number of aromatic nitrogens is 1. The fraction of sp³-hybridized carbons (Fsp3) is 0.263. The smallest absolute Gasteiger partial charge is 0.348 e. The van der Waals surface area contributed by atoms with Crippen LogP contribution in [0.3, 0.4) is 0 Å². The van der Waals surface area contributed by atoms with Crippen molar-refractivity contribution in [2.24, 2.45) is 0 Å². The zero-order valence-electron chi connectivity index (χ0n) is 14.4. The summed E-state index contributed by atoms with van der Waals surface area (Å²) in [5, 5.41) is 4.63. The average Bonchev–Trinajstić information content (AvgIpc) is 3.12. The Hall–Kier alpha value is -2.60. The highest BCUT2D eigenvalue weighted by atomic mass is 32.1. The Bertz CT molecular complexity index is 939. The van der Waals surface area contributed by atoms with Gasteiger partial charge in [0.05, 0.1) is 18.0 Å². The predicted octanol–water partition coefficient (Wildman–Crippen LogP) is 4.20. The zero-order valence-corrected chi connectivity index (χ0v) is 15.3. The van der Waals surface area contributed by atoms with Crippen molar-refractivity contribution in [1.82, 2.24) is 4.98 Å². The summed E-state index contributed by atoms with van der Waals surface area (Å²) in [6, 6.07) is 7.82. The van der Waals surface area contributed by atoms with Crippen molar-refractivity contribution in [3.63, 3.8) is 0 Å². The van der Waals surface area contributed by atoms with Crippen LogP contribution in [0.2, 0.25) is 0 Å². The van der Waals surface area contributed by atoms with Gasteiger partial charge in [-0.2, -0.15) is 0 Å². The Kier molecular flexibility index (Phi) is 4.90. The number of fused-ring (bicyclic) bond motifs is 1. The summed E-state index contributed by atoms with van der Waals surface area (Å²) in [6.45, 7) is 5.97. The minimum absolute atomic E-state index is 0.110. The zero-order chi connectivity index (χ0) is 18.0. The van der Waals surface area contributed by atoms with Gasteiger partial charge in [0.25, 0.3) is 0 Å². The topological polar surface area (TPSA) is 71.2 Å². The van der Waals surface area contributed by atoms with E-state index in [1.165, 1.54) is 11.3 Å². The summed E-state index contributed by atoms with van der Waals surface area (Å²) in [4.78, 5) is 28.0. The summed E-state index contributed by atoms with van der Waals surface area (Å²) in [7, 11) is 0. The van der Waals surface area contributed by atoms with E-state index >= 15 is 0 Å². The molecule has 3 rings (SSSR count). The van der Waals surface area contributed by atoms with E-state index < -0.39 is 0 Å². The molecule has 0 aliphatic heterocycles. The van der Waals surface area contributed by atoms with Crippen molar-refractivity contribution in [2.75, 3.05) is 11.9 Å². The molecule has 0 atom stereocenters. The Morgan fingerprint density at radius 2 is 2.04 bits per heavy atom. The molecule has 2 heterocycles. The second kappa shape index (κ2) is 7.11. The van der Waals surface area contributed by atoms with Crippen LogP contribution in [-0.2, 0) is 16.0 Å². The number of anilines is 1. The highest BCUT2D eigenvalue weighted by molar-refractivity contribution is 7.18. The van der Waals surface area contributed by atoms with E-state index in [-0.39, 0.29) is 18.3 Å². The Labute approximate surface area is 150 Å². The van der Waals surface area contributed by atoms with Gasteiger partial charge in [0, 0.05) is 17.1 Å². The molecule has 0 fully saturated rings. The molecule has 2 aromatic heterocycles. The van der Waals surface area contributed by atoms with E-state index in [0.717, 1.165) is 27.6 Å². The van der Waals surface area contributed by atoms with Crippen molar-refractivity contribution in [3.05, 3.63) is 52.0 Å². The number of benzene rings is 1. The summed E-state index contributed by atoms with van der Waals surface area (Å²) >= 11 is 1.24. The van der Waals surface area contributed by atoms with Gasteiger partial charge in [-0.25, -0.2) is 4.79 Å². The first kappa shape index (κ1) is 17.2. The van der Waals surface area contributed by atoms with E-state index in [4.69, 9.17) is 4.74 Å². The van der Waals surface area contributed by atoms with Crippen molar-refractivity contribution in [2.45, 2.75) is 27.2 Å². The molecule has 0 unspecified atom stereocenters. The molecule has 25 heavy (non-hydrogen) atoms. The lowest BCUT2D eigenvalue weighted by atomic mass is 10.1. The van der Waals surface area contributed by atoms with Crippen LogP contribution in [0.1, 0.15) is 33.3 Å². The van der Waals surface area contributed by atoms with Crippen LogP contribution in [0.4, 0.5) is 5.00 Å². The number of H-pyrrole nitrogens is 1. The number of amides is 1. The van der Waals surface area contributed by atoms with Gasteiger partial charge in [0.2, 0.25) is 5.91 Å². The number of nitrogens with one attached hydrogen (secondary N) is 2. The monoisotopic (exact) mass is 356 g/mol. The van der Waals surface area contributed by atoms with Gasteiger partial charge in [-0.3, -0.25) is 4.79 Å². The molecule has 0 bridgehead atoms. The number of esters is 1. The van der Waals surface area contributed by atoms with Gasteiger partial charge in [-0.15, -0.1) is 11.3 Å². The number of aryl methyl sites for hydroxylation is 2. The number of rotatable bonds is 5. The molecule has 130 valence electrons. The molecule has 0 saturated carbocycles. The van der Waals surface area contributed by atoms with Gasteiger partial charge < -0.3 is 15.0 Å². The quantitative estimate of drug-likeness (QED) is 0.673. The lowest BCUT2D eigenvalue weighted by Gasteiger charge is -2.03. The Balaban J connectivity index is 1.74. The molecule has 0 spiro atoms. The van der Waals surface area contributed by atoms with E-state index in [2.05, 4.69) is 10.3 Å². The molecular formula is C19H20N2O3S. The summed E-state index contributed by atoms with van der Waals surface area (Å²) < 4.78 is 5.03. The average molecular weight is 356 g/mol. The van der Waals surface area contributed by atoms with Crippen LogP contribution in [-0.4, -0.2) is 23.5 Å². The standard InChI is InChI=1S/C19H20N2O3S/c1-4-24-19(23)18-12(3)8-16(25-18)21-15(22)9-13-10-20-14-7-5-6-11(2)17(13)14/h5-8,10,20H,4,9H2,1-3H3,(H,21,22). The van der Waals surface area contributed by atoms with Gasteiger partial charge in [0.15, 0.2) is 0 Å². The van der Waals surface area contributed by atoms with E-state index in [9.17, 15) is 9.59 Å². The van der Waals surface area contributed by atoms with Gasteiger partial charge in [-0.05, 0) is 49.6 Å². The first-order valence-corrected chi connectivity index (χ1v) is 8.94. The fourth-order valence-corrected chi connectivity index (χ4v) is 3.87. The van der Waals surface area contributed by atoms with Crippen LogP contribution in [0, 0.1) is 13.8 Å². The van der Waals surface area contributed by atoms with Crippen LogP contribution >= 0.6 is 11.3 Å². The molecule has 0 aliphatic rings. The lowest BCUT2D eigenvalue weighted by molar-refractivity contribution is -0.115. The second-order valence-corrected chi connectivity index (χ2v) is 6.93. The summed E-state index contributed by atoms with van der Waals surface area (Å²) in [5.74, 6) is -0.460. The molecule has 0 saturated heterocycles. The van der Waals surface area contributed by atoms with Gasteiger partial charge in [0.1, 0.15) is 4.88 Å². The predicted molar refractivity (Wildman–Crippen MR) is 100 cm³/mol. The highest BCUT2D eigenvalue weighted by Crippen LogP contribution is 2.28. The molecule has 2 N–H and O–H groups in total. The first-order valence-electron chi connectivity index (χ1n) is 8.12. The number of carbonyl (C=O) groups excluding carboxylic acids is 2. The third kappa shape index (κ3) is 3.58. The van der Waals surface area contributed by atoms with Crippen molar-refractivity contribution < 1.29 is 14.3 Å². The Morgan fingerprint density at radius 3 is 2.80 bits per heavy atom. The maximum atomic E-state index is 12.4. The van der Waals surface area contributed by atoms with Gasteiger partial charge >= 0.3 is 5.97 Å². The first-order chi connectivity index (χ1) is 12.0. The summed E-state index contributed by atoms with van der Waals surface area (Å²) in [6.07, 6.45) is 2.15. The van der Waals surface area contributed by atoms with Crippen LogP contribution < -0.4 is 5.32 Å². The molecule has 0 radical (unpaired) electrons.